The van der Waals surface area contributed by atoms with E-state index in [1.807, 2.05) is 30.5 Å². The van der Waals surface area contributed by atoms with Crippen LogP contribution in [0.5, 0.6) is 0 Å². The van der Waals surface area contributed by atoms with E-state index in [9.17, 15) is 8.78 Å². The smallest absolute Gasteiger partial charge is 0.250 e. The van der Waals surface area contributed by atoms with Crippen LogP contribution >= 0.6 is 0 Å². The molecule has 1 aromatic carbocycles. The van der Waals surface area contributed by atoms with Crippen LogP contribution in [-0.4, -0.2) is 17.5 Å². The molecule has 1 saturated carbocycles. The number of hydrogen-bond acceptors (Lipinski definition) is 1. The van der Waals surface area contributed by atoms with Gasteiger partial charge in [-0.3, -0.25) is 0 Å². The van der Waals surface area contributed by atoms with Gasteiger partial charge in [0.05, 0.1) is 0 Å². The Kier molecular flexibility index (Phi) is 2.08. The summed E-state index contributed by atoms with van der Waals surface area (Å²) >= 11 is 0. The summed E-state index contributed by atoms with van der Waals surface area (Å²) in [6.45, 7) is 0.276. The van der Waals surface area contributed by atoms with Crippen molar-refractivity contribution in [2.24, 2.45) is 5.73 Å². The average Bonchev–Trinajstić information content (AvgIpc) is 2.71. The summed E-state index contributed by atoms with van der Waals surface area (Å²) in [7, 11) is 0. The Balaban J connectivity index is 2.02. The SMILES string of the molecule is NCC1(c2ccc3[nH]ccc3c2)CC(F)(F)C1. The Labute approximate surface area is 97.8 Å². The van der Waals surface area contributed by atoms with Gasteiger partial charge in [0.1, 0.15) is 0 Å². The van der Waals surface area contributed by atoms with Gasteiger partial charge in [0.15, 0.2) is 0 Å². The van der Waals surface area contributed by atoms with Crippen LogP contribution in [0, 0.1) is 0 Å². The van der Waals surface area contributed by atoms with Gasteiger partial charge >= 0.3 is 0 Å². The number of aromatic amines is 1. The van der Waals surface area contributed by atoms with Crippen molar-refractivity contribution in [2.75, 3.05) is 6.54 Å². The molecular weight excluding hydrogens is 222 g/mol. The molecule has 0 bridgehead atoms. The summed E-state index contributed by atoms with van der Waals surface area (Å²) < 4.78 is 26.2. The largest absolute Gasteiger partial charge is 0.361 e. The monoisotopic (exact) mass is 236 g/mol. The molecule has 0 spiro atoms. The van der Waals surface area contributed by atoms with E-state index < -0.39 is 11.3 Å². The number of halogens is 2. The van der Waals surface area contributed by atoms with E-state index in [0.717, 1.165) is 16.5 Å². The highest BCUT2D eigenvalue weighted by molar-refractivity contribution is 5.80. The van der Waals surface area contributed by atoms with Crippen LogP contribution in [0.2, 0.25) is 0 Å². The van der Waals surface area contributed by atoms with E-state index in [1.165, 1.54) is 0 Å². The van der Waals surface area contributed by atoms with Crippen LogP contribution < -0.4 is 5.73 Å². The Morgan fingerprint density at radius 3 is 2.65 bits per heavy atom. The van der Waals surface area contributed by atoms with Gasteiger partial charge in [0, 0.05) is 36.5 Å². The molecule has 2 aromatic rings. The number of H-pyrrole nitrogens is 1. The third-order valence-corrected chi connectivity index (χ3v) is 3.75. The summed E-state index contributed by atoms with van der Waals surface area (Å²) in [6, 6.07) is 7.74. The van der Waals surface area contributed by atoms with Crippen molar-refractivity contribution in [3.05, 3.63) is 36.0 Å². The lowest BCUT2D eigenvalue weighted by molar-refractivity contribution is -0.123. The molecule has 17 heavy (non-hydrogen) atoms. The second-order valence-corrected chi connectivity index (χ2v) is 4.97. The fourth-order valence-electron chi connectivity index (χ4n) is 2.79. The van der Waals surface area contributed by atoms with Crippen molar-refractivity contribution < 1.29 is 8.78 Å². The molecule has 4 heteroatoms. The molecule has 0 radical (unpaired) electrons. The van der Waals surface area contributed by atoms with Crippen LogP contribution in [0.15, 0.2) is 30.5 Å². The summed E-state index contributed by atoms with van der Waals surface area (Å²) in [4.78, 5) is 3.09. The fraction of sp³-hybridized carbons (Fsp3) is 0.385. The van der Waals surface area contributed by atoms with Crippen LogP contribution in [0.3, 0.4) is 0 Å². The molecule has 1 aliphatic carbocycles. The predicted octanol–water partition coefficient (Wildman–Crippen LogP) is 2.79. The van der Waals surface area contributed by atoms with Gasteiger partial charge in [-0.2, -0.15) is 0 Å². The molecule has 0 unspecified atom stereocenters. The van der Waals surface area contributed by atoms with Crippen molar-refractivity contribution in [3.63, 3.8) is 0 Å². The third kappa shape index (κ3) is 1.55. The van der Waals surface area contributed by atoms with Crippen molar-refractivity contribution >= 4 is 10.9 Å². The maximum atomic E-state index is 13.1. The Hall–Kier alpha value is -1.42. The van der Waals surface area contributed by atoms with Crippen molar-refractivity contribution in [2.45, 2.75) is 24.2 Å². The molecule has 0 atom stereocenters. The lowest BCUT2D eigenvalue weighted by atomic mass is 9.62. The highest BCUT2D eigenvalue weighted by Gasteiger charge is 2.56. The molecule has 1 fully saturated rings. The topological polar surface area (TPSA) is 41.8 Å². The number of nitrogens with two attached hydrogens (primary N) is 1. The predicted molar refractivity (Wildman–Crippen MR) is 63.2 cm³/mol. The Bertz CT molecular complexity index is 551. The van der Waals surface area contributed by atoms with E-state index in [2.05, 4.69) is 4.98 Å². The molecule has 1 aromatic heterocycles. The van der Waals surface area contributed by atoms with Gasteiger partial charge in [-0.25, -0.2) is 8.78 Å². The molecule has 0 aliphatic heterocycles. The summed E-state index contributed by atoms with van der Waals surface area (Å²) in [5.74, 6) is -2.55. The number of benzene rings is 1. The van der Waals surface area contributed by atoms with Crippen LogP contribution in [0.1, 0.15) is 18.4 Å². The van der Waals surface area contributed by atoms with Crippen molar-refractivity contribution in [1.29, 1.82) is 0 Å². The number of aromatic nitrogens is 1. The number of hydrogen-bond donors (Lipinski definition) is 2. The van der Waals surface area contributed by atoms with Crippen LogP contribution in [0.25, 0.3) is 10.9 Å². The van der Waals surface area contributed by atoms with Crippen molar-refractivity contribution in [1.82, 2.24) is 4.98 Å². The molecule has 1 aliphatic rings. The molecule has 3 rings (SSSR count). The fourth-order valence-corrected chi connectivity index (χ4v) is 2.79. The zero-order valence-corrected chi connectivity index (χ0v) is 9.34. The first-order chi connectivity index (χ1) is 8.05. The second kappa shape index (κ2) is 3.29. The first-order valence-electron chi connectivity index (χ1n) is 5.70. The van der Waals surface area contributed by atoms with Gasteiger partial charge in [-0.05, 0) is 29.1 Å². The summed E-state index contributed by atoms with van der Waals surface area (Å²) in [6.07, 6.45) is 1.58. The number of alkyl halides is 2. The first-order valence-corrected chi connectivity index (χ1v) is 5.70. The number of fused-ring (bicyclic) bond motifs is 1. The van der Waals surface area contributed by atoms with Crippen LogP contribution in [0.4, 0.5) is 8.78 Å². The van der Waals surface area contributed by atoms with Gasteiger partial charge < -0.3 is 10.7 Å². The summed E-state index contributed by atoms with van der Waals surface area (Å²) in [5.41, 5.74) is 7.12. The standard InChI is InChI=1S/C13H14F2N2/c14-13(15)6-12(7-13,8-16)10-1-2-11-9(5-10)3-4-17-11/h1-5,17H,6-8,16H2. The Morgan fingerprint density at radius 1 is 1.24 bits per heavy atom. The van der Waals surface area contributed by atoms with Gasteiger partial charge in [0.25, 0.3) is 0 Å². The molecule has 0 amide bonds. The quantitative estimate of drug-likeness (QED) is 0.827. The van der Waals surface area contributed by atoms with E-state index in [0.29, 0.717) is 0 Å². The molecule has 3 N–H and O–H groups in total. The maximum Gasteiger partial charge on any atom is 0.250 e. The molecule has 1 heterocycles. The lowest BCUT2D eigenvalue weighted by Crippen LogP contribution is -2.53. The van der Waals surface area contributed by atoms with Crippen molar-refractivity contribution in [3.8, 4) is 0 Å². The third-order valence-electron chi connectivity index (χ3n) is 3.75. The highest BCUT2D eigenvalue weighted by atomic mass is 19.3. The minimum Gasteiger partial charge on any atom is -0.361 e. The van der Waals surface area contributed by atoms with E-state index in [4.69, 9.17) is 5.73 Å². The minimum absolute atomic E-state index is 0.133. The molecular formula is C13H14F2N2. The second-order valence-electron chi connectivity index (χ2n) is 4.97. The van der Waals surface area contributed by atoms with E-state index in [-0.39, 0.29) is 19.4 Å². The maximum absolute atomic E-state index is 13.1. The number of rotatable bonds is 2. The van der Waals surface area contributed by atoms with E-state index in [1.54, 1.807) is 0 Å². The molecule has 2 nitrogen and oxygen atoms in total. The zero-order valence-electron chi connectivity index (χ0n) is 9.34. The van der Waals surface area contributed by atoms with E-state index >= 15 is 0 Å². The lowest BCUT2D eigenvalue weighted by Gasteiger charge is -2.47. The normalized spacial score (nSPS) is 21.4. The first kappa shape index (κ1) is 10.7. The summed E-state index contributed by atoms with van der Waals surface area (Å²) in [5, 5.41) is 1.05. The van der Waals surface area contributed by atoms with Crippen LogP contribution in [-0.2, 0) is 5.41 Å². The van der Waals surface area contributed by atoms with Gasteiger partial charge in [0.2, 0.25) is 5.92 Å². The number of nitrogens with one attached hydrogen (secondary N) is 1. The average molecular weight is 236 g/mol. The van der Waals surface area contributed by atoms with Gasteiger partial charge in [-0.1, -0.05) is 6.07 Å². The highest BCUT2D eigenvalue weighted by Crippen LogP contribution is 2.53. The zero-order chi connectivity index (χ0) is 12.1. The van der Waals surface area contributed by atoms with Gasteiger partial charge in [-0.15, -0.1) is 0 Å². The molecule has 90 valence electrons. The minimum atomic E-state index is -2.55. The Morgan fingerprint density at radius 2 is 2.00 bits per heavy atom. The molecule has 0 saturated heterocycles.